The molecule has 2 bridgehead atoms. The lowest BCUT2D eigenvalue weighted by atomic mass is 9.82. The predicted molar refractivity (Wildman–Crippen MR) is 160 cm³/mol. The van der Waals surface area contributed by atoms with Gasteiger partial charge in [0.1, 0.15) is 24.6 Å². The van der Waals surface area contributed by atoms with Crippen LogP contribution in [0.15, 0.2) is 42.0 Å². The minimum atomic E-state index is -0.600. The van der Waals surface area contributed by atoms with Gasteiger partial charge in [0.05, 0.1) is 28.3 Å². The van der Waals surface area contributed by atoms with E-state index in [1.165, 1.54) is 0 Å². The molecule has 2 aliphatic heterocycles. The van der Waals surface area contributed by atoms with Crippen LogP contribution >= 0.6 is 23.2 Å². The van der Waals surface area contributed by atoms with E-state index in [-0.39, 0.29) is 37.4 Å². The molecule has 2 heterocycles. The third-order valence-electron chi connectivity index (χ3n) is 7.08. The molecule has 0 aromatic heterocycles. The average Bonchev–Trinajstić information content (AvgIpc) is 2.87. The number of fused-ring (bicyclic) bond motifs is 2. The summed E-state index contributed by atoms with van der Waals surface area (Å²) in [5.41, 5.74) is 2.78. The van der Waals surface area contributed by atoms with Gasteiger partial charge in [-0.3, -0.25) is 4.90 Å². The van der Waals surface area contributed by atoms with Crippen molar-refractivity contribution in [3.63, 3.8) is 0 Å². The summed E-state index contributed by atoms with van der Waals surface area (Å²) in [6.07, 6.45) is 0.219. The van der Waals surface area contributed by atoms with Gasteiger partial charge in [0.15, 0.2) is 5.75 Å². The largest absolute Gasteiger partial charge is 0.490 e. The van der Waals surface area contributed by atoms with Crippen molar-refractivity contribution in [2.75, 3.05) is 40.0 Å². The molecule has 0 N–H and O–H groups in total. The number of esters is 1. The fraction of sp³-hybridized carbons (Fsp3) is 0.484. The molecule has 0 radical (unpaired) electrons. The van der Waals surface area contributed by atoms with E-state index in [2.05, 4.69) is 4.90 Å². The van der Waals surface area contributed by atoms with Crippen LogP contribution in [-0.2, 0) is 14.3 Å². The predicted octanol–water partition coefficient (Wildman–Crippen LogP) is 6.40. The molecule has 10 heteroatoms. The number of nitrogens with zero attached hydrogens (tertiary/aromatic N) is 2. The zero-order chi connectivity index (χ0) is 29.9. The lowest BCUT2D eigenvalue weighted by molar-refractivity contribution is -0.140. The van der Waals surface area contributed by atoms with Crippen molar-refractivity contribution < 1.29 is 28.5 Å². The number of aryl methyl sites for hydroxylation is 1. The number of hydrogen-bond acceptors (Lipinski definition) is 7. The van der Waals surface area contributed by atoms with Gasteiger partial charge in [0, 0.05) is 19.1 Å². The summed E-state index contributed by atoms with van der Waals surface area (Å²) in [7, 11) is 1.99. The Balaban J connectivity index is 1.49. The molecule has 0 saturated carbocycles. The zero-order valence-corrected chi connectivity index (χ0v) is 26.0. The second kappa shape index (κ2) is 12.9. The number of amides is 1. The van der Waals surface area contributed by atoms with Crippen molar-refractivity contribution >= 4 is 40.8 Å². The minimum absolute atomic E-state index is 0.0305. The highest BCUT2D eigenvalue weighted by Crippen LogP contribution is 2.39. The molecule has 1 fully saturated rings. The van der Waals surface area contributed by atoms with Crippen LogP contribution in [0.3, 0.4) is 0 Å². The van der Waals surface area contributed by atoms with Crippen molar-refractivity contribution in [2.45, 2.75) is 58.7 Å². The number of hydrogen-bond donors (Lipinski definition) is 0. The molecule has 8 nitrogen and oxygen atoms in total. The Hall–Kier alpha value is -2.94. The van der Waals surface area contributed by atoms with Crippen LogP contribution in [0.4, 0.5) is 4.79 Å². The van der Waals surface area contributed by atoms with Gasteiger partial charge >= 0.3 is 12.1 Å². The molecule has 41 heavy (non-hydrogen) atoms. The summed E-state index contributed by atoms with van der Waals surface area (Å²) in [6.45, 7) is 10.9. The van der Waals surface area contributed by atoms with Crippen LogP contribution in [0.2, 0.25) is 10.0 Å². The first-order chi connectivity index (χ1) is 19.4. The van der Waals surface area contributed by atoms with Crippen molar-refractivity contribution in [2.24, 2.45) is 0 Å². The van der Waals surface area contributed by atoms with E-state index in [1.807, 2.05) is 59.0 Å². The SMILES string of the molecule is CCOC(=O)C1=C(c2ccc(OCCOc3c(Cl)cc(C)cc3Cl)cc2)CC2CN(C(=O)OC(C)(C)C)CC1N2C. The Morgan fingerprint density at radius 3 is 2.24 bits per heavy atom. The van der Waals surface area contributed by atoms with Gasteiger partial charge in [-0.2, -0.15) is 0 Å². The van der Waals surface area contributed by atoms with Crippen molar-refractivity contribution in [1.29, 1.82) is 0 Å². The van der Waals surface area contributed by atoms with E-state index in [4.69, 9.17) is 42.1 Å². The topological polar surface area (TPSA) is 77.5 Å². The van der Waals surface area contributed by atoms with Gasteiger partial charge in [-0.15, -0.1) is 0 Å². The van der Waals surface area contributed by atoms with E-state index in [0.29, 0.717) is 53.2 Å². The van der Waals surface area contributed by atoms with Crippen LogP contribution in [0.1, 0.15) is 45.2 Å². The molecule has 2 aromatic carbocycles. The third-order valence-corrected chi connectivity index (χ3v) is 7.64. The molecular weight excluding hydrogens is 567 g/mol. The normalized spacial score (nSPS) is 19.2. The summed E-state index contributed by atoms with van der Waals surface area (Å²) < 4.78 is 22.7. The van der Waals surface area contributed by atoms with Crippen LogP contribution in [-0.4, -0.2) is 79.5 Å². The van der Waals surface area contributed by atoms with Crippen molar-refractivity contribution in [1.82, 2.24) is 9.80 Å². The minimum Gasteiger partial charge on any atom is -0.490 e. The highest BCUT2D eigenvalue weighted by atomic mass is 35.5. The standard InChI is InChI=1S/C31H38Cl2N2O6/c1-7-38-29(36)27-23(16-21-17-35(18-26(27)34(21)6)30(37)41-31(3,4)5)20-8-10-22(11-9-20)39-12-13-40-28-24(32)14-19(2)15-25(28)33/h8-11,14-15,21,26H,7,12-13,16-18H2,1-6H3. The number of carbonyl (C=O) groups excluding carboxylic acids is 2. The molecule has 1 saturated heterocycles. The van der Waals surface area contributed by atoms with Gasteiger partial charge in [-0.05, 0) is 89.1 Å². The zero-order valence-electron chi connectivity index (χ0n) is 24.5. The highest BCUT2D eigenvalue weighted by Gasteiger charge is 2.44. The molecule has 2 aromatic rings. The van der Waals surface area contributed by atoms with E-state index in [9.17, 15) is 9.59 Å². The Bertz CT molecular complexity index is 1280. The smallest absolute Gasteiger partial charge is 0.410 e. The fourth-order valence-corrected chi connectivity index (χ4v) is 5.90. The van der Waals surface area contributed by atoms with Gasteiger partial charge in [-0.25, -0.2) is 9.59 Å². The first-order valence-corrected chi connectivity index (χ1v) is 14.5. The number of rotatable bonds is 8. The maximum absolute atomic E-state index is 13.3. The Morgan fingerprint density at radius 1 is 1.00 bits per heavy atom. The first-order valence-electron chi connectivity index (χ1n) is 13.8. The maximum atomic E-state index is 13.3. The molecular formula is C31H38Cl2N2O6. The summed E-state index contributed by atoms with van der Waals surface area (Å²) >= 11 is 12.5. The summed E-state index contributed by atoms with van der Waals surface area (Å²) in [5, 5.41) is 0.921. The van der Waals surface area contributed by atoms with Crippen LogP contribution in [0, 0.1) is 6.92 Å². The highest BCUT2D eigenvalue weighted by molar-refractivity contribution is 6.37. The van der Waals surface area contributed by atoms with Gasteiger partial charge in [0.2, 0.25) is 0 Å². The Kier molecular flexibility index (Phi) is 9.77. The van der Waals surface area contributed by atoms with Crippen molar-refractivity contribution in [3.05, 3.63) is 63.1 Å². The average molecular weight is 606 g/mol. The van der Waals surface area contributed by atoms with Crippen LogP contribution < -0.4 is 9.47 Å². The number of halogens is 2. The van der Waals surface area contributed by atoms with E-state index >= 15 is 0 Å². The Morgan fingerprint density at radius 2 is 1.63 bits per heavy atom. The molecule has 2 atom stereocenters. The fourth-order valence-electron chi connectivity index (χ4n) is 5.20. The monoisotopic (exact) mass is 604 g/mol. The second-order valence-electron chi connectivity index (χ2n) is 11.3. The van der Waals surface area contributed by atoms with Crippen LogP contribution in [0.25, 0.3) is 5.57 Å². The molecule has 2 aliphatic rings. The number of ether oxygens (including phenoxy) is 4. The van der Waals surface area contributed by atoms with Gasteiger partial charge in [-0.1, -0.05) is 35.3 Å². The lowest BCUT2D eigenvalue weighted by Gasteiger charge is -2.49. The number of likely N-dealkylation sites (N-methyl/N-ethyl adjacent to an activating group) is 1. The van der Waals surface area contributed by atoms with E-state index < -0.39 is 5.60 Å². The molecule has 2 unspecified atom stereocenters. The number of piperazine rings is 1. The lowest BCUT2D eigenvalue weighted by Crippen LogP contribution is -2.62. The quantitative estimate of drug-likeness (QED) is 0.255. The van der Waals surface area contributed by atoms with Gasteiger partial charge < -0.3 is 23.8 Å². The number of benzene rings is 2. The first kappa shape index (κ1) is 31.0. The summed E-state index contributed by atoms with van der Waals surface area (Å²) in [4.78, 5) is 30.0. The van der Waals surface area contributed by atoms with Gasteiger partial charge in [0.25, 0.3) is 0 Å². The van der Waals surface area contributed by atoms with E-state index in [0.717, 1.165) is 16.7 Å². The van der Waals surface area contributed by atoms with E-state index in [1.54, 1.807) is 24.0 Å². The summed E-state index contributed by atoms with van der Waals surface area (Å²) in [6, 6.07) is 11.0. The molecule has 1 amide bonds. The Labute approximate surface area is 252 Å². The second-order valence-corrected chi connectivity index (χ2v) is 12.1. The summed E-state index contributed by atoms with van der Waals surface area (Å²) in [5.74, 6) is 0.741. The molecule has 0 aliphatic carbocycles. The molecule has 0 spiro atoms. The van der Waals surface area contributed by atoms with Crippen molar-refractivity contribution in [3.8, 4) is 11.5 Å². The maximum Gasteiger partial charge on any atom is 0.410 e. The third kappa shape index (κ3) is 7.48. The molecule has 222 valence electrons. The molecule has 4 rings (SSSR count). The number of carbonyl (C=O) groups is 2. The van der Waals surface area contributed by atoms with Crippen LogP contribution in [0.5, 0.6) is 11.5 Å².